The zero-order valence-corrected chi connectivity index (χ0v) is 14.7. The molecule has 1 atom stereocenters. The van der Waals surface area contributed by atoms with E-state index in [1.165, 1.54) is 11.3 Å². The van der Waals surface area contributed by atoms with E-state index in [4.69, 9.17) is 0 Å². The van der Waals surface area contributed by atoms with Gasteiger partial charge in [0.1, 0.15) is 0 Å². The van der Waals surface area contributed by atoms with Crippen molar-refractivity contribution < 1.29 is 8.42 Å². The van der Waals surface area contributed by atoms with E-state index in [9.17, 15) is 8.42 Å². The molecule has 0 aliphatic heterocycles. The first-order chi connectivity index (χ1) is 9.99. The number of hydrogen-bond donors (Lipinski definition) is 2. The molecule has 9 heteroatoms. The van der Waals surface area contributed by atoms with E-state index >= 15 is 0 Å². The summed E-state index contributed by atoms with van der Waals surface area (Å²) in [7, 11) is -3.61. The molecule has 118 valence electrons. The lowest BCUT2D eigenvalue weighted by Crippen LogP contribution is -2.34. The zero-order valence-electron chi connectivity index (χ0n) is 12.3. The smallest absolute Gasteiger partial charge is 0.260 e. The molecule has 2 aromatic heterocycles. The normalized spacial score (nSPS) is 13.7. The molecule has 0 saturated heterocycles. The fourth-order valence-corrected chi connectivity index (χ4v) is 4.88. The van der Waals surface area contributed by atoms with Crippen LogP contribution < -0.4 is 10.0 Å². The molecule has 2 N–H and O–H groups in total. The van der Waals surface area contributed by atoms with Crippen molar-refractivity contribution in [2.24, 2.45) is 0 Å². The third-order valence-corrected chi connectivity index (χ3v) is 5.94. The monoisotopic (exact) mass is 348 g/mol. The van der Waals surface area contributed by atoms with Gasteiger partial charge in [0, 0.05) is 24.2 Å². The van der Waals surface area contributed by atoms with E-state index in [1.807, 2.05) is 25.5 Å². The van der Waals surface area contributed by atoms with Crippen LogP contribution in [0.3, 0.4) is 0 Å². The molecule has 0 bridgehead atoms. The topological polar surface area (TPSA) is 75.5 Å². The van der Waals surface area contributed by atoms with E-state index in [1.54, 1.807) is 22.4 Å². The number of rotatable bonds is 8. The quantitative estimate of drug-likeness (QED) is 0.765. The molecule has 0 aliphatic carbocycles. The Kier molecular flexibility index (Phi) is 5.53. The van der Waals surface area contributed by atoms with Gasteiger partial charge in [0.2, 0.25) is 0 Å². The Morgan fingerprint density at radius 1 is 1.52 bits per heavy atom. The second kappa shape index (κ2) is 6.99. The van der Waals surface area contributed by atoms with Gasteiger partial charge in [-0.2, -0.15) is 11.8 Å². The molecule has 0 amide bonds. The molecular formula is C12H20N4O2S3. The number of nitrogens with one attached hydrogen (secondary N) is 2. The molecule has 0 aliphatic rings. The van der Waals surface area contributed by atoms with Gasteiger partial charge in [-0.05, 0) is 32.3 Å². The third-order valence-electron chi connectivity index (χ3n) is 2.93. The first kappa shape index (κ1) is 16.6. The molecule has 0 fully saturated rings. The summed E-state index contributed by atoms with van der Waals surface area (Å²) in [6.45, 7) is 4.42. The van der Waals surface area contributed by atoms with E-state index < -0.39 is 10.0 Å². The summed E-state index contributed by atoms with van der Waals surface area (Å²) in [5.41, 5.74) is 0. The first-order valence-corrected chi connectivity index (χ1v) is 10.5. The van der Waals surface area contributed by atoms with Crippen molar-refractivity contribution in [3.8, 4) is 0 Å². The summed E-state index contributed by atoms with van der Waals surface area (Å²) in [6, 6.07) is -0.110. The van der Waals surface area contributed by atoms with Gasteiger partial charge in [-0.25, -0.2) is 18.1 Å². The van der Waals surface area contributed by atoms with E-state index in [-0.39, 0.29) is 11.1 Å². The van der Waals surface area contributed by atoms with Crippen molar-refractivity contribution in [2.75, 3.05) is 23.9 Å². The van der Waals surface area contributed by atoms with Gasteiger partial charge < -0.3 is 5.32 Å². The van der Waals surface area contributed by atoms with Gasteiger partial charge in [0.25, 0.3) is 10.0 Å². The Bertz CT molecular complexity index is 692. The molecule has 2 heterocycles. The molecule has 21 heavy (non-hydrogen) atoms. The molecule has 2 aromatic rings. The molecule has 6 nitrogen and oxygen atoms in total. The zero-order chi connectivity index (χ0) is 15.5. The summed E-state index contributed by atoms with van der Waals surface area (Å²) < 4.78 is 29.7. The number of imidazole rings is 1. The highest BCUT2D eigenvalue weighted by Crippen LogP contribution is 2.25. The number of anilines is 1. The first-order valence-electron chi connectivity index (χ1n) is 6.70. The summed E-state index contributed by atoms with van der Waals surface area (Å²) in [4.78, 5) is 5.01. The average Bonchev–Trinajstić information content (AvgIpc) is 2.95. The Balaban J connectivity index is 2.34. The maximum Gasteiger partial charge on any atom is 0.260 e. The van der Waals surface area contributed by atoms with E-state index in [2.05, 4.69) is 15.0 Å². The maximum atomic E-state index is 12.7. The number of hydrogen-bond acceptors (Lipinski definition) is 6. The number of thioether (sulfide) groups is 1. The van der Waals surface area contributed by atoms with Gasteiger partial charge in [0.05, 0.1) is 0 Å². The van der Waals surface area contributed by atoms with Crippen LogP contribution in [0.15, 0.2) is 16.6 Å². The average molecular weight is 349 g/mol. The highest BCUT2D eigenvalue weighted by atomic mass is 32.2. The predicted molar refractivity (Wildman–Crippen MR) is 90.0 cm³/mol. The Hall–Kier alpha value is -0.770. The standard InChI is InChI=1S/C12H20N4O2S3/c1-4-13-10-11(16-6-8-20-12(16)14-10)21(17,18)15-9(2)5-7-19-3/h6,8-9,13,15H,4-5,7H2,1-3H3. The third kappa shape index (κ3) is 3.71. The maximum absolute atomic E-state index is 12.7. The largest absolute Gasteiger partial charge is 0.368 e. The van der Waals surface area contributed by atoms with Crippen LogP contribution in [0.4, 0.5) is 5.82 Å². The summed E-state index contributed by atoms with van der Waals surface area (Å²) in [6.07, 6.45) is 4.54. The minimum atomic E-state index is -3.61. The lowest BCUT2D eigenvalue weighted by atomic mass is 10.3. The van der Waals surface area contributed by atoms with Crippen LogP contribution in [0.5, 0.6) is 0 Å². The van der Waals surface area contributed by atoms with Crippen LogP contribution in [0.2, 0.25) is 0 Å². The number of aromatic nitrogens is 2. The van der Waals surface area contributed by atoms with E-state index in [0.717, 1.165) is 12.2 Å². The van der Waals surface area contributed by atoms with Gasteiger partial charge in [-0.15, -0.1) is 11.3 Å². The predicted octanol–water partition coefficient (Wildman–Crippen LogP) is 2.25. The fraction of sp³-hybridized carbons (Fsp3) is 0.583. The second-order valence-corrected chi connectivity index (χ2v) is 8.14. The minimum Gasteiger partial charge on any atom is -0.368 e. The van der Waals surface area contributed by atoms with Crippen molar-refractivity contribution in [3.05, 3.63) is 11.6 Å². The second-order valence-electron chi connectivity index (χ2n) is 4.66. The van der Waals surface area contributed by atoms with Crippen LogP contribution >= 0.6 is 23.1 Å². The molecule has 0 saturated carbocycles. The van der Waals surface area contributed by atoms with Crippen molar-refractivity contribution >= 4 is 43.9 Å². The van der Waals surface area contributed by atoms with Gasteiger partial charge in [0.15, 0.2) is 15.8 Å². The highest BCUT2D eigenvalue weighted by Gasteiger charge is 2.27. The van der Waals surface area contributed by atoms with E-state index in [0.29, 0.717) is 17.3 Å². The number of thiazole rings is 1. The molecule has 0 aromatic carbocycles. The van der Waals surface area contributed by atoms with Crippen molar-refractivity contribution in [1.29, 1.82) is 0 Å². The highest BCUT2D eigenvalue weighted by molar-refractivity contribution is 7.98. The Labute approximate surface area is 133 Å². The van der Waals surface area contributed by atoms with Crippen molar-refractivity contribution in [3.63, 3.8) is 0 Å². The van der Waals surface area contributed by atoms with Crippen molar-refractivity contribution in [1.82, 2.24) is 14.1 Å². The minimum absolute atomic E-state index is 0.110. The molecule has 0 spiro atoms. The summed E-state index contributed by atoms with van der Waals surface area (Å²) >= 11 is 3.12. The summed E-state index contributed by atoms with van der Waals surface area (Å²) in [5, 5.41) is 5.04. The number of sulfonamides is 1. The van der Waals surface area contributed by atoms with Gasteiger partial charge in [-0.3, -0.25) is 4.40 Å². The van der Waals surface area contributed by atoms with Crippen molar-refractivity contribution in [2.45, 2.75) is 31.3 Å². The van der Waals surface area contributed by atoms with Gasteiger partial charge >= 0.3 is 0 Å². The lowest BCUT2D eigenvalue weighted by Gasteiger charge is -2.14. The van der Waals surface area contributed by atoms with Crippen LogP contribution in [-0.2, 0) is 10.0 Å². The van der Waals surface area contributed by atoms with Crippen LogP contribution in [0, 0.1) is 0 Å². The van der Waals surface area contributed by atoms with Crippen LogP contribution in [-0.4, -0.2) is 42.4 Å². The summed E-state index contributed by atoms with van der Waals surface area (Å²) in [5.74, 6) is 1.33. The molecule has 1 unspecified atom stereocenters. The van der Waals surface area contributed by atoms with Crippen LogP contribution in [0.25, 0.3) is 4.96 Å². The SMILES string of the molecule is CCNc1nc2sccn2c1S(=O)(=O)NC(C)CCSC. The molecular weight excluding hydrogens is 328 g/mol. The number of fused-ring (bicyclic) bond motifs is 1. The number of nitrogens with zero attached hydrogens (tertiary/aromatic N) is 2. The van der Waals surface area contributed by atoms with Crippen LogP contribution in [0.1, 0.15) is 20.3 Å². The fourth-order valence-electron chi connectivity index (χ4n) is 1.98. The Morgan fingerprint density at radius 3 is 2.95 bits per heavy atom. The Morgan fingerprint density at radius 2 is 2.29 bits per heavy atom. The molecule has 2 rings (SSSR count). The van der Waals surface area contributed by atoms with Gasteiger partial charge in [-0.1, -0.05) is 0 Å². The lowest BCUT2D eigenvalue weighted by molar-refractivity contribution is 0.553. The molecule has 0 radical (unpaired) electrons.